The number of methoxy groups -OCH3 is 1. The van der Waals surface area contributed by atoms with Crippen molar-refractivity contribution in [2.45, 2.75) is 19.4 Å². The van der Waals surface area contributed by atoms with E-state index in [1.165, 1.54) is 16.7 Å². The number of nitrogens with zero attached hydrogens (tertiary/aromatic N) is 1. The summed E-state index contributed by atoms with van der Waals surface area (Å²) in [5.74, 6) is -1.43. The number of carbonyl (C=O) groups is 2. The standard InChI is InChI=1S/C16H17NO6/c1-3-23-15(20)11-8-10(9-13(18)16(21)22-2)14(19)17-7-5-4-6-12(11)17/h4-8,13,18H,3,9H2,1-2H3. The summed E-state index contributed by atoms with van der Waals surface area (Å²) in [6, 6.07) is 6.31. The lowest BCUT2D eigenvalue weighted by atomic mass is 10.1. The van der Waals surface area contributed by atoms with Gasteiger partial charge < -0.3 is 14.6 Å². The number of fused-ring (bicyclic) bond motifs is 1. The predicted molar refractivity (Wildman–Crippen MR) is 81.4 cm³/mol. The molecule has 1 N–H and O–H groups in total. The molecule has 0 fully saturated rings. The monoisotopic (exact) mass is 319 g/mol. The minimum absolute atomic E-state index is 0.120. The Labute approximate surface area is 132 Å². The van der Waals surface area contributed by atoms with Crippen molar-refractivity contribution in [2.75, 3.05) is 13.7 Å². The summed E-state index contributed by atoms with van der Waals surface area (Å²) in [6.45, 7) is 1.87. The van der Waals surface area contributed by atoms with Crippen molar-refractivity contribution in [3.05, 3.63) is 51.9 Å². The summed E-state index contributed by atoms with van der Waals surface area (Å²) in [4.78, 5) is 35.9. The van der Waals surface area contributed by atoms with E-state index >= 15 is 0 Å². The van der Waals surface area contributed by atoms with Gasteiger partial charge in [0.15, 0.2) is 6.10 Å². The second-order valence-corrected chi connectivity index (χ2v) is 4.81. The van der Waals surface area contributed by atoms with Crippen molar-refractivity contribution in [2.24, 2.45) is 0 Å². The largest absolute Gasteiger partial charge is 0.467 e. The molecule has 0 aliphatic carbocycles. The minimum atomic E-state index is -1.48. The molecule has 0 saturated carbocycles. The second kappa shape index (κ2) is 7.06. The molecule has 0 aliphatic heterocycles. The lowest BCUT2D eigenvalue weighted by molar-refractivity contribution is -0.150. The Kier molecular flexibility index (Phi) is 5.13. The van der Waals surface area contributed by atoms with Gasteiger partial charge in [-0.15, -0.1) is 0 Å². The quantitative estimate of drug-likeness (QED) is 0.809. The van der Waals surface area contributed by atoms with Crippen molar-refractivity contribution in [3.8, 4) is 0 Å². The lowest BCUT2D eigenvalue weighted by Gasteiger charge is -2.12. The zero-order valence-corrected chi connectivity index (χ0v) is 12.8. The summed E-state index contributed by atoms with van der Waals surface area (Å²) in [6.07, 6.45) is -0.228. The zero-order valence-electron chi connectivity index (χ0n) is 12.8. The topological polar surface area (TPSA) is 94.3 Å². The summed E-state index contributed by atoms with van der Waals surface area (Å²) in [5.41, 5.74) is 0.289. The van der Waals surface area contributed by atoms with Crippen LogP contribution < -0.4 is 5.56 Å². The first-order chi connectivity index (χ1) is 11.0. The molecular weight excluding hydrogens is 302 g/mol. The molecule has 1 unspecified atom stereocenters. The normalized spacial score (nSPS) is 12.0. The third-order valence-electron chi connectivity index (χ3n) is 3.33. The van der Waals surface area contributed by atoms with Crippen molar-refractivity contribution < 1.29 is 24.2 Å². The van der Waals surface area contributed by atoms with Gasteiger partial charge in [0.2, 0.25) is 0 Å². The van der Waals surface area contributed by atoms with Crippen molar-refractivity contribution in [3.63, 3.8) is 0 Å². The third kappa shape index (κ3) is 3.40. The molecule has 2 aromatic rings. The Hall–Kier alpha value is -2.67. The number of carbonyl (C=O) groups excluding carboxylic acids is 2. The zero-order chi connectivity index (χ0) is 17.0. The van der Waals surface area contributed by atoms with Gasteiger partial charge in [0.25, 0.3) is 5.56 Å². The van der Waals surface area contributed by atoms with Crippen molar-refractivity contribution in [1.82, 2.24) is 4.40 Å². The highest BCUT2D eigenvalue weighted by atomic mass is 16.5. The first-order valence-corrected chi connectivity index (χ1v) is 7.05. The number of ether oxygens (including phenoxy) is 2. The molecule has 0 bridgehead atoms. The van der Waals surface area contributed by atoms with Crippen LogP contribution in [0.1, 0.15) is 22.8 Å². The number of esters is 2. The van der Waals surface area contributed by atoms with Crippen LogP contribution in [0.25, 0.3) is 5.52 Å². The molecule has 0 aliphatic rings. The van der Waals surface area contributed by atoms with Gasteiger partial charge in [-0.2, -0.15) is 0 Å². The Balaban J connectivity index is 2.57. The third-order valence-corrected chi connectivity index (χ3v) is 3.33. The van der Waals surface area contributed by atoms with Crippen LogP contribution in [0.15, 0.2) is 35.3 Å². The maximum Gasteiger partial charge on any atom is 0.340 e. The van der Waals surface area contributed by atoms with E-state index in [9.17, 15) is 19.5 Å². The molecule has 0 spiro atoms. The number of rotatable bonds is 5. The van der Waals surface area contributed by atoms with E-state index in [0.717, 1.165) is 7.11 Å². The molecule has 0 amide bonds. The molecule has 1 atom stereocenters. The molecule has 0 radical (unpaired) electrons. The van der Waals surface area contributed by atoms with E-state index in [4.69, 9.17) is 4.74 Å². The molecule has 0 aromatic carbocycles. The number of aromatic nitrogens is 1. The number of hydrogen-bond donors (Lipinski definition) is 1. The maximum atomic E-state index is 12.5. The predicted octanol–water partition coefficient (Wildman–Crippen LogP) is 0.553. The molecule has 2 aromatic heterocycles. The van der Waals surface area contributed by atoms with E-state index < -0.39 is 23.6 Å². The van der Waals surface area contributed by atoms with Crippen molar-refractivity contribution in [1.29, 1.82) is 0 Å². The smallest absolute Gasteiger partial charge is 0.340 e. The van der Waals surface area contributed by atoms with Gasteiger partial charge in [-0.25, -0.2) is 9.59 Å². The van der Waals surface area contributed by atoms with Crippen molar-refractivity contribution >= 4 is 17.5 Å². The lowest BCUT2D eigenvalue weighted by Crippen LogP contribution is -2.29. The SMILES string of the molecule is CCOC(=O)c1cc(CC(O)C(=O)OC)c(=O)n2ccccc12. The molecular formula is C16H17NO6. The molecule has 2 heterocycles. The molecule has 7 heteroatoms. The summed E-state index contributed by atoms with van der Waals surface area (Å²) in [7, 11) is 1.14. The number of aliphatic hydroxyl groups excluding tert-OH is 1. The highest BCUT2D eigenvalue weighted by Gasteiger charge is 2.21. The van der Waals surface area contributed by atoms with E-state index in [2.05, 4.69) is 4.74 Å². The first kappa shape index (κ1) is 16.7. The van der Waals surface area contributed by atoms with Crippen LogP contribution in [0.3, 0.4) is 0 Å². The first-order valence-electron chi connectivity index (χ1n) is 7.05. The van der Waals surface area contributed by atoms with Gasteiger partial charge in [0, 0.05) is 18.2 Å². The molecule has 23 heavy (non-hydrogen) atoms. The highest BCUT2D eigenvalue weighted by Crippen LogP contribution is 2.13. The molecule has 7 nitrogen and oxygen atoms in total. The van der Waals surface area contributed by atoms with Crippen LogP contribution in [0.5, 0.6) is 0 Å². The van der Waals surface area contributed by atoms with E-state index in [1.807, 2.05) is 0 Å². The van der Waals surface area contributed by atoms with Crippen LogP contribution in [0.2, 0.25) is 0 Å². The summed E-state index contributed by atoms with van der Waals surface area (Å²) in [5, 5.41) is 9.76. The average Bonchev–Trinajstić information content (AvgIpc) is 2.56. The number of hydrogen-bond acceptors (Lipinski definition) is 6. The Bertz CT molecular complexity index is 795. The van der Waals surface area contributed by atoms with Crippen LogP contribution in [-0.4, -0.2) is 41.3 Å². The fourth-order valence-corrected chi connectivity index (χ4v) is 2.25. The van der Waals surface area contributed by atoms with Crippen LogP contribution in [0, 0.1) is 0 Å². The van der Waals surface area contributed by atoms with Crippen LogP contribution in [0.4, 0.5) is 0 Å². The molecule has 2 rings (SSSR count). The van der Waals surface area contributed by atoms with E-state index in [1.54, 1.807) is 25.1 Å². The average molecular weight is 319 g/mol. The Morgan fingerprint density at radius 3 is 2.74 bits per heavy atom. The van der Waals surface area contributed by atoms with E-state index in [-0.39, 0.29) is 24.2 Å². The van der Waals surface area contributed by atoms with Gasteiger partial charge in [-0.05, 0) is 25.1 Å². The highest BCUT2D eigenvalue weighted by molar-refractivity contribution is 5.97. The fraction of sp³-hybridized carbons (Fsp3) is 0.312. The van der Waals surface area contributed by atoms with Gasteiger partial charge >= 0.3 is 11.9 Å². The van der Waals surface area contributed by atoms with E-state index in [0.29, 0.717) is 5.52 Å². The number of aliphatic hydroxyl groups is 1. The van der Waals surface area contributed by atoms with Gasteiger partial charge in [0.05, 0.1) is 24.8 Å². The second-order valence-electron chi connectivity index (χ2n) is 4.81. The Morgan fingerprint density at radius 2 is 2.09 bits per heavy atom. The maximum absolute atomic E-state index is 12.5. The fourth-order valence-electron chi connectivity index (χ4n) is 2.25. The van der Waals surface area contributed by atoms with Gasteiger partial charge in [0.1, 0.15) is 0 Å². The van der Waals surface area contributed by atoms with Crippen LogP contribution >= 0.6 is 0 Å². The summed E-state index contributed by atoms with van der Waals surface area (Å²) >= 11 is 0. The minimum Gasteiger partial charge on any atom is -0.467 e. The Morgan fingerprint density at radius 1 is 1.35 bits per heavy atom. The molecule has 0 saturated heterocycles. The van der Waals surface area contributed by atoms with Gasteiger partial charge in [-0.3, -0.25) is 9.20 Å². The van der Waals surface area contributed by atoms with Crippen LogP contribution in [-0.2, 0) is 20.7 Å². The summed E-state index contributed by atoms with van der Waals surface area (Å²) < 4.78 is 10.7. The number of pyridine rings is 2. The molecule has 122 valence electrons. The van der Waals surface area contributed by atoms with Gasteiger partial charge in [-0.1, -0.05) is 6.07 Å².